The molecular formula is C14H13N5. The van der Waals surface area contributed by atoms with Gasteiger partial charge in [0.2, 0.25) is 0 Å². The number of benzene rings is 1. The van der Waals surface area contributed by atoms with Crippen LogP contribution in [0.4, 0.5) is 0 Å². The third-order valence-electron chi connectivity index (χ3n) is 3.02. The molecule has 19 heavy (non-hydrogen) atoms. The van der Waals surface area contributed by atoms with Gasteiger partial charge in [-0.25, -0.2) is 5.43 Å². The largest absolute Gasteiger partial charge is 0.270 e. The van der Waals surface area contributed by atoms with Gasteiger partial charge in [0.15, 0.2) is 0 Å². The van der Waals surface area contributed by atoms with Crippen molar-refractivity contribution in [1.82, 2.24) is 20.4 Å². The fraction of sp³-hybridized carbons (Fsp3) is 0.0714. The number of rotatable bonds is 3. The van der Waals surface area contributed by atoms with Gasteiger partial charge in [0.05, 0.1) is 17.6 Å². The Bertz CT molecular complexity index is 678. The standard InChI is InChI=1S/C14H13N5/c15-19-14(12-9-16-7-8-17-12)13-11-4-2-1-3-10(11)5-6-18-13/h1-9,14,19H,15H2. The zero-order valence-corrected chi connectivity index (χ0v) is 10.2. The maximum absolute atomic E-state index is 5.67. The Kier molecular flexibility index (Phi) is 3.14. The monoisotopic (exact) mass is 251 g/mol. The summed E-state index contributed by atoms with van der Waals surface area (Å²) in [5.41, 5.74) is 4.35. The Labute approximate surface area is 110 Å². The van der Waals surface area contributed by atoms with Crippen molar-refractivity contribution in [2.24, 2.45) is 5.84 Å². The van der Waals surface area contributed by atoms with Crippen molar-refractivity contribution in [3.05, 3.63) is 66.5 Å². The minimum atomic E-state index is -0.278. The number of hydrogen-bond acceptors (Lipinski definition) is 5. The quantitative estimate of drug-likeness (QED) is 0.546. The van der Waals surface area contributed by atoms with Crippen LogP contribution in [0.3, 0.4) is 0 Å². The van der Waals surface area contributed by atoms with E-state index in [0.29, 0.717) is 0 Å². The molecule has 0 saturated heterocycles. The molecule has 1 atom stereocenters. The Morgan fingerprint density at radius 3 is 2.68 bits per heavy atom. The highest BCUT2D eigenvalue weighted by molar-refractivity contribution is 5.84. The smallest absolute Gasteiger partial charge is 0.107 e. The highest BCUT2D eigenvalue weighted by Crippen LogP contribution is 2.24. The number of nitrogens with two attached hydrogens (primary N) is 1. The average molecular weight is 251 g/mol. The molecule has 0 bridgehead atoms. The number of nitrogens with zero attached hydrogens (tertiary/aromatic N) is 3. The van der Waals surface area contributed by atoms with Gasteiger partial charge in [0, 0.05) is 24.0 Å². The van der Waals surface area contributed by atoms with Crippen LogP contribution in [0.15, 0.2) is 55.1 Å². The van der Waals surface area contributed by atoms with E-state index in [4.69, 9.17) is 5.84 Å². The molecule has 3 rings (SSSR count). The number of hydrogen-bond donors (Lipinski definition) is 2. The van der Waals surface area contributed by atoms with Gasteiger partial charge in [-0.05, 0) is 11.5 Å². The number of pyridine rings is 1. The van der Waals surface area contributed by atoms with Crippen molar-refractivity contribution in [3.8, 4) is 0 Å². The van der Waals surface area contributed by atoms with Crippen LogP contribution in [-0.2, 0) is 0 Å². The van der Waals surface area contributed by atoms with Crippen LogP contribution in [0.25, 0.3) is 10.8 Å². The van der Waals surface area contributed by atoms with Crippen LogP contribution in [0.1, 0.15) is 17.4 Å². The molecular weight excluding hydrogens is 238 g/mol. The lowest BCUT2D eigenvalue weighted by molar-refractivity contribution is 0.607. The summed E-state index contributed by atoms with van der Waals surface area (Å²) in [7, 11) is 0. The number of nitrogens with one attached hydrogen (secondary N) is 1. The molecule has 1 aromatic carbocycles. The van der Waals surface area contributed by atoms with Crippen LogP contribution in [-0.4, -0.2) is 15.0 Å². The molecule has 0 fully saturated rings. The summed E-state index contributed by atoms with van der Waals surface area (Å²) in [6, 6.07) is 9.75. The van der Waals surface area contributed by atoms with Crippen molar-refractivity contribution < 1.29 is 0 Å². The second-order valence-electron chi connectivity index (χ2n) is 4.15. The summed E-state index contributed by atoms with van der Waals surface area (Å²) < 4.78 is 0. The van der Waals surface area contributed by atoms with Gasteiger partial charge < -0.3 is 0 Å². The molecule has 1 unspecified atom stereocenters. The fourth-order valence-corrected chi connectivity index (χ4v) is 2.14. The molecule has 5 heteroatoms. The zero-order chi connectivity index (χ0) is 13.1. The SMILES string of the molecule is NNC(c1cnccn1)c1nccc2ccccc12. The molecule has 5 nitrogen and oxygen atoms in total. The van der Waals surface area contributed by atoms with Gasteiger partial charge in [-0.3, -0.25) is 20.8 Å². The third kappa shape index (κ3) is 2.16. The van der Waals surface area contributed by atoms with Crippen LogP contribution in [0.2, 0.25) is 0 Å². The maximum Gasteiger partial charge on any atom is 0.107 e. The van der Waals surface area contributed by atoms with Crippen LogP contribution in [0.5, 0.6) is 0 Å². The van der Waals surface area contributed by atoms with Gasteiger partial charge in [-0.2, -0.15) is 0 Å². The average Bonchev–Trinajstić information content (AvgIpc) is 2.49. The molecule has 0 aliphatic rings. The van der Waals surface area contributed by atoms with Gasteiger partial charge >= 0.3 is 0 Å². The summed E-state index contributed by atoms with van der Waals surface area (Å²) in [4.78, 5) is 12.8. The molecule has 0 spiro atoms. The maximum atomic E-state index is 5.67. The first-order valence-electron chi connectivity index (χ1n) is 5.96. The molecule has 0 saturated carbocycles. The van der Waals surface area contributed by atoms with Crippen molar-refractivity contribution >= 4 is 10.8 Å². The lowest BCUT2D eigenvalue weighted by Crippen LogP contribution is -2.30. The van der Waals surface area contributed by atoms with Crippen molar-refractivity contribution in [1.29, 1.82) is 0 Å². The normalized spacial score (nSPS) is 12.5. The summed E-state index contributed by atoms with van der Waals surface area (Å²) in [6.45, 7) is 0. The summed E-state index contributed by atoms with van der Waals surface area (Å²) in [6.07, 6.45) is 6.74. The Balaban J connectivity index is 2.17. The van der Waals surface area contributed by atoms with Gasteiger partial charge in [0.1, 0.15) is 6.04 Å². The predicted molar refractivity (Wildman–Crippen MR) is 72.9 cm³/mol. The molecule has 3 aromatic rings. The van der Waals surface area contributed by atoms with E-state index in [9.17, 15) is 0 Å². The number of aromatic nitrogens is 3. The third-order valence-corrected chi connectivity index (χ3v) is 3.02. The first kappa shape index (κ1) is 11.7. The molecule has 2 aromatic heterocycles. The number of fused-ring (bicyclic) bond motifs is 1. The summed E-state index contributed by atoms with van der Waals surface area (Å²) in [5.74, 6) is 5.67. The Hall–Kier alpha value is -2.37. The summed E-state index contributed by atoms with van der Waals surface area (Å²) in [5, 5.41) is 2.18. The van der Waals surface area contributed by atoms with Gasteiger partial charge in [-0.15, -0.1) is 0 Å². The topological polar surface area (TPSA) is 76.7 Å². The van der Waals surface area contributed by atoms with Crippen molar-refractivity contribution in [2.45, 2.75) is 6.04 Å². The van der Waals surface area contributed by atoms with E-state index in [0.717, 1.165) is 22.2 Å². The molecule has 0 aliphatic heterocycles. The first-order chi connectivity index (χ1) is 9.40. The van der Waals surface area contributed by atoms with Gasteiger partial charge in [-0.1, -0.05) is 24.3 Å². The fourth-order valence-electron chi connectivity index (χ4n) is 2.14. The second-order valence-corrected chi connectivity index (χ2v) is 4.15. The lowest BCUT2D eigenvalue weighted by Gasteiger charge is -2.16. The molecule has 0 amide bonds. The van der Waals surface area contributed by atoms with Crippen LogP contribution in [0, 0.1) is 0 Å². The Morgan fingerprint density at radius 2 is 1.89 bits per heavy atom. The van der Waals surface area contributed by atoms with Crippen LogP contribution < -0.4 is 11.3 Å². The highest BCUT2D eigenvalue weighted by atomic mass is 15.2. The van der Waals surface area contributed by atoms with E-state index >= 15 is 0 Å². The van der Waals surface area contributed by atoms with E-state index < -0.39 is 0 Å². The van der Waals surface area contributed by atoms with E-state index in [1.807, 2.05) is 30.3 Å². The molecule has 94 valence electrons. The molecule has 2 heterocycles. The van der Waals surface area contributed by atoms with Crippen molar-refractivity contribution in [3.63, 3.8) is 0 Å². The molecule has 3 N–H and O–H groups in total. The summed E-state index contributed by atoms with van der Waals surface area (Å²) >= 11 is 0. The lowest BCUT2D eigenvalue weighted by atomic mass is 10.0. The van der Waals surface area contributed by atoms with E-state index in [1.165, 1.54) is 0 Å². The second kappa shape index (κ2) is 5.09. The van der Waals surface area contributed by atoms with Crippen molar-refractivity contribution in [2.75, 3.05) is 0 Å². The minimum absolute atomic E-state index is 0.278. The highest BCUT2D eigenvalue weighted by Gasteiger charge is 2.17. The molecule has 0 radical (unpaired) electrons. The predicted octanol–water partition coefficient (Wildman–Crippen LogP) is 1.58. The minimum Gasteiger partial charge on any atom is -0.270 e. The Morgan fingerprint density at radius 1 is 1.00 bits per heavy atom. The van der Waals surface area contributed by atoms with E-state index in [1.54, 1.807) is 24.8 Å². The van der Waals surface area contributed by atoms with E-state index in [2.05, 4.69) is 20.4 Å². The van der Waals surface area contributed by atoms with Gasteiger partial charge in [0.25, 0.3) is 0 Å². The van der Waals surface area contributed by atoms with Crippen LogP contribution >= 0.6 is 0 Å². The zero-order valence-electron chi connectivity index (χ0n) is 10.2. The number of hydrazine groups is 1. The molecule has 0 aliphatic carbocycles. The first-order valence-corrected chi connectivity index (χ1v) is 5.96. The van der Waals surface area contributed by atoms with E-state index in [-0.39, 0.29) is 6.04 Å².